The van der Waals surface area contributed by atoms with Crippen molar-refractivity contribution in [2.24, 2.45) is 16.7 Å². The van der Waals surface area contributed by atoms with Crippen molar-refractivity contribution in [3.8, 4) is 23.0 Å². The van der Waals surface area contributed by atoms with Crippen molar-refractivity contribution in [1.82, 2.24) is 11.1 Å². The molecule has 0 unspecified atom stereocenters. The van der Waals surface area contributed by atoms with Crippen molar-refractivity contribution >= 4 is 16.6 Å². The lowest BCUT2D eigenvalue weighted by Gasteiger charge is -2.16. The Hall–Kier alpha value is -4.31. The quantitative estimate of drug-likeness (QED) is 0.142. The maximum atomic E-state index is 13.8. The van der Waals surface area contributed by atoms with E-state index in [0.717, 1.165) is 11.5 Å². The van der Waals surface area contributed by atoms with Crippen LogP contribution in [0.25, 0.3) is 10.8 Å². The van der Waals surface area contributed by atoms with E-state index in [4.69, 9.17) is 21.1 Å². The minimum absolute atomic E-state index is 0. The molecule has 0 aliphatic heterocycles. The molecule has 0 spiro atoms. The van der Waals surface area contributed by atoms with Gasteiger partial charge in [-0.15, -0.1) is 0 Å². The van der Waals surface area contributed by atoms with Crippen LogP contribution in [0.5, 0.6) is 23.0 Å². The molecule has 7 nitrogen and oxygen atoms in total. The van der Waals surface area contributed by atoms with Gasteiger partial charge in [-0.1, -0.05) is 24.3 Å². The van der Waals surface area contributed by atoms with E-state index in [-0.39, 0.29) is 35.7 Å². The number of alkyl halides is 3. The van der Waals surface area contributed by atoms with E-state index in [0.29, 0.717) is 16.7 Å². The van der Waals surface area contributed by atoms with Crippen LogP contribution in [0.4, 0.5) is 13.2 Å². The van der Waals surface area contributed by atoms with E-state index in [9.17, 15) is 13.2 Å². The number of aromatic nitrogens is 1. The summed E-state index contributed by atoms with van der Waals surface area (Å²) in [5, 5.41) is 4.94. The summed E-state index contributed by atoms with van der Waals surface area (Å²) in [6, 6.07) is 17.2. The number of halogens is 3. The average molecular weight is 469 g/mol. The van der Waals surface area contributed by atoms with Gasteiger partial charge >= 0.3 is 6.18 Å². The highest BCUT2D eigenvalue weighted by Crippen LogP contribution is 2.41. The third-order valence-electron chi connectivity index (χ3n) is 4.81. The fourth-order valence-electron chi connectivity index (χ4n) is 3.29. The Labute approximate surface area is 193 Å². The topological polar surface area (TPSA) is 131 Å². The number of benzene rings is 3. The van der Waals surface area contributed by atoms with Crippen LogP contribution in [-0.4, -0.2) is 10.8 Å². The molecule has 0 radical (unpaired) electrons. The van der Waals surface area contributed by atoms with Gasteiger partial charge in [-0.25, -0.2) is 0 Å². The van der Waals surface area contributed by atoms with E-state index in [1.807, 2.05) is 6.07 Å². The van der Waals surface area contributed by atoms with Gasteiger partial charge in [0, 0.05) is 24.2 Å². The second-order valence-corrected chi connectivity index (χ2v) is 7.16. The molecule has 10 heteroatoms. The zero-order chi connectivity index (χ0) is 23.4. The Morgan fingerprint density at radius 2 is 1.65 bits per heavy atom. The molecule has 0 saturated carbocycles. The Kier molecular flexibility index (Phi) is 7.22. The van der Waals surface area contributed by atoms with Crippen LogP contribution >= 0.6 is 0 Å². The smallest absolute Gasteiger partial charge is 0.420 e. The second kappa shape index (κ2) is 10.1. The van der Waals surface area contributed by atoms with Crippen molar-refractivity contribution in [3.05, 3.63) is 90.3 Å². The number of fused-ring (bicyclic) bond motifs is 1. The Morgan fingerprint density at radius 3 is 2.41 bits per heavy atom. The summed E-state index contributed by atoms with van der Waals surface area (Å²) in [4.78, 5) is 4.06. The number of nitrogens with zero attached hydrogens (tertiary/aromatic N) is 2. The predicted molar refractivity (Wildman–Crippen MR) is 124 cm³/mol. The van der Waals surface area contributed by atoms with Crippen LogP contribution in [0.15, 0.2) is 84.2 Å². The molecule has 0 fully saturated rings. The molecule has 0 saturated heterocycles. The largest absolute Gasteiger partial charge is 0.457 e. The first-order chi connectivity index (χ1) is 15.8. The molecule has 0 bridgehead atoms. The van der Waals surface area contributed by atoms with Crippen molar-refractivity contribution in [1.29, 1.82) is 0 Å². The number of rotatable bonds is 6. The first kappa shape index (κ1) is 24.3. The van der Waals surface area contributed by atoms with Crippen LogP contribution in [-0.2, 0) is 12.6 Å². The lowest BCUT2D eigenvalue weighted by molar-refractivity contribution is -0.138. The third-order valence-corrected chi connectivity index (χ3v) is 4.81. The fourth-order valence-corrected chi connectivity index (χ4v) is 3.29. The number of ether oxygens (including phenoxy) is 2. The molecule has 7 N–H and O–H groups in total. The molecule has 0 atom stereocenters. The lowest BCUT2D eigenvalue weighted by atomic mass is 10.1. The highest BCUT2D eigenvalue weighted by molar-refractivity contribution is 5.87. The molecule has 1 heterocycles. The number of hydrogen-bond acceptors (Lipinski definition) is 6. The molecule has 176 valence electrons. The predicted octanol–water partition coefficient (Wildman–Crippen LogP) is 5.77. The van der Waals surface area contributed by atoms with Crippen LogP contribution in [0.1, 0.15) is 11.1 Å². The number of amidine groups is 1. The molecule has 0 aliphatic rings. The summed E-state index contributed by atoms with van der Waals surface area (Å²) < 4.78 is 52.8. The van der Waals surface area contributed by atoms with Gasteiger partial charge in [0.25, 0.3) is 0 Å². The zero-order valence-corrected chi connectivity index (χ0v) is 17.9. The number of hydrazone groups is 1. The van der Waals surface area contributed by atoms with E-state index < -0.39 is 11.7 Å². The SMILES string of the molecule is N.NN=C(N)Cc1cccc(Oc2ccc(Oc3cccc4ccncc34)cc2C(F)(F)F)c1. The van der Waals surface area contributed by atoms with Gasteiger partial charge < -0.3 is 27.2 Å². The first-order valence-electron chi connectivity index (χ1n) is 9.84. The minimum atomic E-state index is -4.66. The summed E-state index contributed by atoms with van der Waals surface area (Å²) in [5.41, 5.74) is 5.35. The van der Waals surface area contributed by atoms with Gasteiger partial charge in [-0.05, 0) is 53.4 Å². The van der Waals surface area contributed by atoms with Gasteiger partial charge in [0.1, 0.15) is 34.4 Å². The number of pyridine rings is 1. The van der Waals surface area contributed by atoms with E-state index >= 15 is 0 Å². The summed E-state index contributed by atoms with van der Waals surface area (Å²) >= 11 is 0. The van der Waals surface area contributed by atoms with Crippen molar-refractivity contribution in [3.63, 3.8) is 0 Å². The first-order valence-corrected chi connectivity index (χ1v) is 9.84. The van der Waals surface area contributed by atoms with Gasteiger partial charge in [0.2, 0.25) is 0 Å². The molecule has 4 aromatic rings. The molecular weight excluding hydrogens is 447 g/mol. The van der Waals surface area contributed by atoms with Gasteiger partial charge in [0.15, 0.2) is 0 Å². The summed E-state index contributed by atoms with van der Waals surface area (Å²) in [6.45, 7) is 0. The Bertz CT molecular complexity index is 1320. The van der Waals surface area contributed by atoms with Crippen LogP contribution in [0.3, 0.4) is 0 Å². The van der Waals surface area contributed by atoms with Crippen molar-refractivity contribution in [2.75, 3.05) is 0 Å². The van der Waals surface area contributed by atoms with E-state index in [2.05, 4.69) is 10.1 Å². The van der Waals surface area contributed by atoms with Crippen molar-refractivity contribution < 1.29 is 22.6 Å². The highest BCUT2D eigenvalue weighted by Gasteiger charge is 2.35. The van der Waals surface area contributed by atoms with E-state index in [1.165, 1.54) is 12.1 Å². The van der Waals surface area contributed by atoms with Gasteiger partial charge in [-0.2, -0.15) is 18.3 Å². The zero-order valence-electron chi connectivity index (χ0n) is 17.9. The molecule has 0 amide bonds. The normalized spacial score (nSPS) is 11.7. The fraction of sp³-hybridized carbons (Fsp3) is 0.0833. The monoisotopic (exact) mass is 469 g/mol. The lowest BCUT2D eigenvalue weighted by Crippen LogP contribution is -2.16. The summed E-state index contributed by atoms with van der Waals surface area (Å²) in [5.74, 6) is 5.61. The third kappa shape index (κ3) is 5.54. The Morgan fingerprint density at radius 1 is 0.912 bits per heavy atom. The van der Waals surface area contributed by atoms with Crippen LogP contribution < -0.4 is 27.2 Å². The Balaban J connectivity index is 0.00000324. The van der Waals surface area contributed by atoms with Crippen LogP contribution in [0.2, 0.25) is 0 Å². The van der Waals surface area contributed by atoms with Crippen LogP contribution in [0, 0.1) is 0 Å². The number of hydrogen-bond donors (Lipinski definition) is 3. The minimum Gasteiger partial charge on any atom is -0.457 e. The average Bonchev–Trinajstić information content (AvgIpc) is 2.80. The molecular formula is C24H22F3N5O2. The standard InChI is InChI=1S/C24H19F3N4O2.H3N/c25-24(26,27)20-13-18(32-21-6-2-4-16-9-10-30-14-19(16)21)7-8-22(20)33-17-5-1-3-15(11-17)12-23(28)31-29;/h1-11,13-14H,12,29H2,(H2,28,31);1H3. The second-order valence-electron chi connectivity index (χ2n) is 7.16. The summed E-state index contributed by atoms with van der Waals surface area (Å²) in [7, 11) is 0. The molecule has 1 aromatic heterocycles. The number of nitrogens with two attached hydrogens (primary N) is 2. The maximum Gasteiger partial charge on any atom is 0.420 e. The molecule has 0 aliphatic carbocycles. The van der Waals surface area contributed by atoms with E-state index in [1.54, 1.807) is 54.9 Å². The van der Waals surface area contributed by atoms with Gasteiger partial charge in [0.05, 0.1) is 0 Å². The maximum absolute atomic E-state index is 13.8. The van der Waals surface area contributed by atoms with Crippen molar-refractivity contribution in [2.45, 2.75) is 12.6 Å². The van der Waals surface area contributed by atoms with Gasteiger partial charge in [-0.3, -0.25) is 4.98 Å². The molecule has 34 heavy (non-hydrogen) atoms. The highest BCUT2D eigenvalue weighted by atomic mass is 19.4. The molecule has 3 aromatic carbocycles. The molecule has 4 rings (SSSR count). The summed E-state index contributed by atoms with van der Waals surface area (Å²) in [6.07, 6.45) is -1.19.